The van der Waals surface area contributed by atoms with Gasteiger partial charge in [0.1, 0.15) is 0 Å². The number of thioether (sulfide) groups is 1. The van der Waals surface area contributed by atoms with Crippen LogP contribution in [0.3, 0.4) is 0 Å². The number of carboxylic acid groups (broad SMARTS) is 1. The van der Waals surface area contributed by atoms with Crippen molar-refractivity contribution in [3.63, 3.8) is 0 Å². The Morgan fingerprint density at radius 1 is 1.19 bits per heavy atom. The lowest BCUT2D eigenvalue weighted by Crippen LogP contribution is -2.49. The minimum Gasteiger partial charge on any atom is -0.480 e. The van der Waals surface area contributed by atoms with E-state index < -0.39 is 5.97 Å². The average molecular weight is 240 g/mol. The number of carboxylic acids is 1. The second kappa shape index (κ2) is 3.66. The molecule has 0 unspecified atom stereocenters. The smallest absolute Gasteiger partial charge is 0.316 e. The molecule has 4 saturated carbocycles. The first-order chi connectivity index (χ1) is 7.56. The van der Waals surface area contributed by atoms with E-state index in [1.54, 1.807) is 11.8 Å². The second-order valence-corrected chi connectivity index (χ2v) is 8.01. The number of aliphatic carboxylic acids is 1. The Kier molecular flexibility index (Phi) is 2.50. The Bertz CT molecular complexity index is 278. The van der Waals surface area contributed by atoms with E-state index in [0.29, 0.717) is 4.75 Å². The number of hydrogen-bond acceptors (Lipinski definition) is 2. The Balaban J connectivity index is 1.76. The van der Waals surface area contributed by atoms with Gasteiger partial charge in [-0.25, -0.2) is 0 Å². The normalized spacial score (nSPS) is 46.9. The maximum Gasteiger partial charge on any atom is 0.316 e. The molecule has 1 atom stereocenters. The molecule has 0 amide bonds. The highest BCUT2D eigenvalue weighted by atomic mass is 32.2. The highest BCUT2D eigenvalue weighted by Gasteiger charge is 2.52. The molecular weight excluding hydrogens is 220 g/mol. The molecule has 0 aliphatic heterocycles. The molecule has 4 aliphatic carbocycles. The van der Waals surface area contributed by atoms with Crippen molar-refractivity contribution in [2.24, 2.45) is 17.8 Å². The predicted molar refractivity (Wildman–Crippen MR) is 65.6 cm³/mol. The van der Waals surface area contributed by atoms with Crippen molar-refractivity contribution < 1.29 is 9.90 Å². The van der Waals surface area contributed by atoms with Crippen LogP contribution in [-0.2, 0) is 4.79 Å². The van der Waals surface area contributed by atoms with Crippen molar-refractivity contribution in [2.75, 3.05) is 0 Å². The van der Waals surface area contributed by atoms with Gasteiger partial charge in [-0.3, -0.25) is 4.79 Å². The summed E-state index contributed by atoms with van der Waals surface area (Å²) in [7, 11) is 0. The monoisotopic (exact) mass is 240 g/mol. The highest BCUT2D eigenvalue weighted by Crippen LogP contribution is 2.61. The van der Waals surface area contributed by atoms with Crippen LogP contribution in [0.5, 0.6) is 0 Å². The van der Waals surface area contributed by atoms with Crippen LogP contribution in [0.1, 0.15) is 45.4 Å². The molecule has 4 rings (SSSR count). The van der Waals surface area contributed by atoms with Gasteiger partial charge in [-0.05, 0) is 63.2 Å². The van der Waals surface area contributed by atoms with Crippen molar-refractivity contribution in [1.29, 1.82) is 0 Å². The van der Waals surface area contributed by atoms with Crippen LogP contribution in [-0.4, -0.2) is 21.1 Å². The minimum atomic E-state index is -0.638. The third kappa shape index (κ3) is 1.77. The summed E-state index contributed by atoms with van der Waals surface area (Å²) >= 11 is 1.77. The molecule has 4 bridgehead atoms. The molecule has 0 aromatic heterocycles. The van der Waals surface area contributed by atoms with Gasteiger partial charge in [0.25, 0.3) is 0 Å². The first-order valence-electron chi connectivity index (χ1n) is 6.47. The number of rotatable bonds is 3. The first-order valence-corrected chi connectivity index (χ1v) is 7.35. The average Bonchev–Trinajstić information content (AvgIpc) is 2.13. The van der Waals surface area contributed by atoms with Gasteiger partial charge < -0.3 is 5.11 Å². The molecule has 4 fully saturated rings. The second-order valence-electron chi connectivity index (χ2n) is 6.20. The third-order valence-corrected chi connectivity index (χ3v) is 6.31. The van der Waals surface area contributed by atoms with Crippen LogP contribution in [0, 0.1) is 17.8 Å². The lowest BCUT2D eigenvalue weighted by molar-refractivity contribution is -0.136. The van der Waals surface area contributed by atoms with Gasteiger partial charge in [0.05, 0.1) is 5.25 Å². The first kappa shape index (κ1) is 10.9. The zero-order valence-corrected chi connectivity index (χ0v) is 10.6. The van der Waals surface area contributed by atoms with Gasteiger partial charge in [-0.15, -0.1) is 11.8 Å². The molecule has 0 saturated heterocycles. The van der Waals surface area contributed by atoms with Gasteiger partial charge in [-0.1, -0.05) is 0 Å². The molecule has 0 radical (unpaired) electrons. The van der Waals surface area contributed by atoms with E-state index in [1.807, 2.05) is 6.92 Å². The molecule has 0 aromatic carbocycles. The predicted octanol–water partition coefficient (Wildman–Crippen LogP) is 3.16. The molecule has 1 N–H and O–H groups in total. The summed E-state index contributed by atoms with van der Waals surface area (Å²) < 4.78 is 0.340. The zero-order valence-electron chi connectivity index (χ0n) is 9.82. The molecule has 16 heavy (non-hydrogen) atoms. The van der Waals surface area contributed by atoms with Crippen LogP contribution in [0.25, 0.3) is 0 Å². The Morgan fingerprint density at radius 2 is 1.62 bits per heavy atom. The highest BCUT2D eigenvalue weighted by molar-refractivity contribution is 8.01. The Labute approximate surface area is 101 Å². The molecule has 2 nitrogen and oxygen atoms in total. The van der Waals surface area contributed by atoms with Crippen molar-refractivity contribution in [3.8, 4) is 0 Å². The molecule has 90 valence electrons. The number of hydrogen-bond donors (Lipinski definition) is 1. The molecule has 0 spiro atoms. The van der Waals surface area contributed by atoms with E-state index in [0.717, 1.165) is 17.8 Å². The van der Waals surface area contributed by atoms with Crippen molar-refractivity contribution >= 4 is 17.7 Å². The van der Waals surface area contributed by atoms with Crippen molar-refractivity contribution in [2.45, 2.75) is 55.4 Å². The van der Waals surface area contributed by atoms with E-state index in [2.05, 4.69) is 0 Å². The van der Waals surface area contributed by atoms with E-state index in [4.69, 9.17) is 5.11 Å². The Hall–Kier alpha value is -0.180. The third-order valence-electron chi connectivity index (χ3n) is 4.76. The van der Waals surface area contributed by atoms with E-state index in [-0.39, 0.29) is 5.25 Å². The molecular formula is C13H20O2S. The van der Waals surface area contributed by atoms with E-state index in [9.17, 15) is 4.79 Å². The molecule has 0 heterocycles. The van der Waals surface area contributed by atoms with Gasteiger partial charge in [0.15, 0.2) is 0 Å². The largest absolute Gasteiger partial charge is 0.480 e. The maximum atomic E-state index is 11.0. The summed E-state index contributed by atoms with van der Waals surface area (Å²) in [5, 5.41) is 8.84. The molecule has 4 aliphatic rings. The minimum absolute atomic E-state index is 0.226. The van der Waals surface area contributed by atoms with Crippen molar-refractivity contribution in [1.82, 2.24) is 0 Å². The quantitative estimate of drug-likeness (QED) is 0.823. The molecule has 0 aromatic rings. The summed E-state index contributed by atoms with van der Waals surface area (Å²) in [6, 6.07) is 0. The van der Waals surface area contributed by atoms with E-state index >= 15 is 0 Å². The van der Waals surface area contributed by atoms with Crippen LogP contribution in [0.2, 0.25) is 0 Å². The Morgan fingerprint density at radius 3 is 2.00 bits per heavy atom. The van der Waals surface area contributed by atoms with E-state index in [1.165, 1.54) is 38.5 Å². The maximum absolute atomic E-state index is 11.0. The van der Waals surface area contributed by atoms with Crippen molar-refractivity contribution in [3.05, 3.63) is 0 Å². The fraction of sp³-hybridized carbons (Fsp3) is 0.923. The fourth-order valence-corrected chi connectivity index (χ4v) is 6.45. The summed E-state index contributed by atoms with van der Waals surface area (Å²) in [6.07, 6.45) is 8.17. The lowest BCUT2D eigenvalue weighted by Gasteiger charge is -2.56. The zero-order chi connectivity index (χ0) is 11.3. The van der Waals surface area contributed by atoms with Crippen LogP contribution in [0.4, 0.5) is 0 Å². The topological polar surface area (TPSA) is 37.3 Å². The van der Waals surface area contributed by atoms with Crippen LogP contribution >= 0.6 is 11.8 Å². The summed E-state index contributed by atoms with van der Waals surface area (Å²) in [5.41, 5.74) is 0. The van der Waals surface area contributed by atoms with Crippen LogP contribution < -0.4 is 0 Å². The molecule has 3 heteroatoms. The summed E-state index contributed by atoms with van der Waals surface area (Å²) in [6.45, 7) is 1.85. The van der Waals surface area contributed by atoms with Gasteiger partial charge in [0, 0.05) is 4.75 Å². The van der Waals surface area contributed by atoms with Gasteiger partial charge >= 0.3 is 5.97 Å². The summed E-state index contributed by atoms with van der Waals surface area (Å²) in [4.78, 5) is 11.0. The van der Waals surface area contributed by atoms with Gasteiger partial charge in [-0.2, -0.15) is 0 Å². The fourth-order valence-electron chi connectivity index (χ4n) is 4.60. The number of carbonyl (C=O) groups is 1. The lowest BCUT2D eigenvalue weighted by atomic mass is 9.56. The SMILES string of the molecule is C[C@H](SC12CC3CC(CC(C3)C1)C2)C(=O)O. The standard InChI is InChI=1S/C13H20O2S/c1-8(12(14)15)16-13-5-9-2-10(6-13)4-11(3-9)7-13/h8-11H,2-7H2,1H3,(H,14,15)/t8-,9?,10?,11?,13?/m0/s1. The van der Waals surface area contributed by atoms with Gasteiger partial charge in [0.2, 0.25) is 0 Å². The van der Waals surface area contributed by atoms with Crippen LogP contribution in [0.15, 0.2) is 0 Å². The summed E-state index contributed by atoms with van der Waals surface area (Å²) in [5.74, 6) is 2.11.